The lowest BCUT2D eigenvalue weighted by Crippen LogP contribution is -2.26. The van der Waals surface area contributed by atoms with Gasteiger partial charge in [0.1, 0.15) is 12.3 Å². The molecule has 3 heterocycles. The van der Waals surface area contributed by atoms with Crippen LogP contribution in [-0.2, 0) is 24.9 Å². The average molecular weight is 372 g/mol. The van der Waals surface area contributed by atoms with Gasteiger partial charge in [0.15, 0.2) is 11.4 Å². The van der Waals surface area contributed by atoms with Crippen molar-refractivity contribution in [3.05, 3.63) is 54.0 Å². The van der Waals surface area contributed by atoms with Crippen LogP contribution >= 0.6 is 0 Å². The molecule has 3 aromatic heterocycles. The molecule has 0 aliphatic carbocycles. The van der Waals surface area contributed by atoms with Gasteiger partial charge in [0, 0.05) is 19.4 Å². The van der Waals surface area contributed by atoms with Gasteiger partial charge in [-0.15, -0.1) is 0 Å². The zero-order valence-electron chi connectivity index (χ0n) is 14.2. The fraction of sp³-hybridized carbons (Fsp3) is 0.188. The number of amides is 2. The van der Waals surface area contributed by atoms with E-state index in [1.54, 1.807) is 19.2 Å². The predicted molar refractivity (Wildman–Crippen MR) is 90.9 cm³/mol. The Morgan fingerprint density at radius 2 is 2.07 bits per heavy atom. The Morgan fingerprint density at radius 1 is 1.26 bits per heavy atom. The van der Waals surface area contributed by atoms with E-state index in [2.05, 4.69) is 20.8 Å². The minimum absolute atomic E-state index is 0.0455. The average Bonchev–Trinajstić information content (AvgIpc) is 3.34. The monoisotopic (exact) mass is 372 g/mol. The second-order valence-electron chi connectivity index (χ2n) is 5.58. The Bertz CT molecular complexity index is 972. The molecule has 3 aromatic rings. The third-order valence-electron chi connectivity index (χ3n) is 3.49. The third kappa shape index (κ3) is 4.39. The van der Waals surface area contributed by atoms with Crippen LogP contribution in [0.2, 0.25) is 0 Å². The van der Waals surface area contributed by atoms with Crippen molar-refractivity contribution >= 4 is 23.5 Å². The lowest BCUT2D eigenvalue weighted by Gasteiger charge is -2.06. The molecule has 0 aromatic carbocycles. The summed E-state index contributed by atoms with van der Waals surface area (Å²) in [6, 6.07) is 4.71. The van der Waals surface area contributed by atoms with Gasteiger partial charge in [0.2, 0.25) is 5.91 Å². The van der Waals surface area contributed by atoms with Crippen LogP contribution in [0.3, 0.4) is 0 Å². The minimum Gasteiger partial charge on any atom is -0.476 e. The maximum absolute atomic E-state index is 12.3. The lowest BCUT2D eigenvalue weighted by molar-refractivity contribution is -0.116. The van der Waals surface area contributed by atoms with Crippen molar-refractivity contribution in [2.75, 3.05) is 5.32 Å². The molecule has 0 bridgehead atoms. The van der Waals surface area contributed by atoms with E-state index in [0.29, 0.717) is 5.76 Å². The molecular formula is C16H16N6O5. The third-order valence-corrected chi connectivity index (χ3v) is 3.49. The highest BCUT2D eigenvalue weighted by atomic mass is 16.4. The molecule has 0 aliphatic rings. The van der Waals surface area contributed by atoms with Gasteiger partial charge in [0.25, 0.3) is 5.91 Å². The second-order valence-corrected chi connectivity index (χ2v) is 5.58. The highest BCUT2D eigenvalue weighted by molar-refractivity contribution is 6.02. The first-order valence-electron chi connectivity index (χ1n) is 7.83. The van der Waals surface area contributed by atoms with Crippen molar-refractivity contribution in [3.8, 4) is 0 Å². The molecule has 0 atom stereocenters. The first-order valence-corrected chi connectivity index (χ1v) is 7.83. The van der Waals surface area contributed by atoms with E-state index in [9.17, 15) is 14.4 Å². The van der Waals surface area contributed by atoms with Crippen LogP contribution in [0.15, 0.2) is 41.3 Å². The number of furan rings is 1. The fourth-order valence-electron chi connectivity index (χ4n) is 2.31. The highest BCUT2D eigenvalue weighted by Gasteiger charge is 2.18. The van der Waals surface area contributed by atoms with Gasteiger partial charge in [0.05, 0.1) is 18.5 Å². The van der Waals surface area contributed by atoms with Crippen molar-refractivity contribution < 1.29 is 23.9 Å². The number of anilines is 1. The van der Waals surface area contributed by atoms with Crippen LogP contribution in [-0.4, -0.2) is 42.5 Å². The van der Waals surface area contributed by atoms with E-state index < -0.39 is 17.8 Å². The second kappa shape index (κ2) is 7.56. The summed E-state index contributed by atoms with van der Waals surface area (Å²) in [6.45, 7) is -0.0311. The van der Waals surface area contributed by atoms with Gasteiger partial charge < -0.3 is 20.2 Å². The van der Waals surface area contributed by atoms with Gasteiger partial charge in [-0.1, -0.05) is 0 Å². The number of aryl methyl sites for hydroxylation is 1. The van der Waals surface area contributed by atoms with Crippen LogP contribution in [0.25, 0.3) is 0 Å². The molecule has 3 rings (SSSR count). The molecule has 11 heteroatoms. The minimum atomic E-state index is -1.18. The number of nitrogens with one attached hydrogen (secondary N) is 2. The van der Waals surface area contributed by atoms with Crippen molar-refractivity contribution in [1.29, 1.82) is 0 Å². The van der Waals surface area contributed by atoms with E-state index in [0.717, 1.165) is 0 Å². The van der Waals surface area contributed by atoms with Gasteiger partial charge >= 0.3 is 5.97 Å². The summed E-state index contributed by atoms with van der Waals surface area (Å²) in [4.78, 5) is 35.3. The Hall–Kier alpha value is -3.89. The molecule has 0 unspecified atom stereocenters. The summed E-state index contributed by atoms with van der Waals surface area (Å²) in [5.74, 6) is -1.56. The SMILES string of the molecule is Cn1cc(NC(=O)Cn2ccc(C(=O)O)n2)c(C(=O)NCc2ccco2)n1. The van der Waals surface area contributed by atoms with Gasteiger partial charge in [-0.25, -0.2) is 4.79 Å². The van der Waals surface area contributed by atoms with Crippen molar-refractivity contribution in [3.63, 3.8) is 0 Å². The van der Waals surface area contributed by atoms with Gasteiger partial charge in [-0.3, -0.25) is 19.0 Å². The number of aromatic nitrogens is 4. The number of carbonyl (C=O) groups is 3. The first-order chi connectivity index (χ1) is 12.9. The van der Waals surface area contributed by atoms with E-state index in [4.69, 9.17) is 9.52 Å². The standard InChI is InChI=1S/C16H16N6O5/c1-21-8-12(14(20-21)15(24)17-7-10-3-2-6-27-10)18-13(23)9-22-5-4-11(19-22)16(25)26/h2-6,8H,7,9H2,1H3,(H,17,24)(H,18,23)(H,25,26). The molecule has 0 radical (unpaired) electrons. The molecule has 140 valence electrons. The van der Waals surface area contributed by atoms with E-state index in [1.165, 1.54) is 34.1 Å². The summed E-state index contributed by atoms with van der Waals surface area (Å²) < 4.78 is 7.73. The summed E-state index contributed by atoms with van der Waals surface area (Å²) in [5.41, 5.74) is 0.108. The van der Waals surface area contributed by atoms with E-state index in [-0.39, 0.29) is 30.2 Å². The topological polar surface area (TPSA) is 144 Å². The summed E-state index contributed by atoms with van der Waals surface area (Å²) in [7, 11) is 1.62. The van der Waals surface area contributed by atoms with E-state index >= 15 is 0 Å². The number of nitrogens with zero attached hydrogens (tertiary/aromatic N) is 4. The molecule has 0 fully saturated rings. The van der Waals surface area contributed by atoms with Crippen LogP contribution in [0.5, 0.6) is 0 Å². The Morgan fingerprint density at radius 3 is 2.74 bits per heavy atom. The van der Waals surface area contributed by atoms with Crippen molar-refractivity contribution in [2.24, 2.45) is 7.05 Å². The number of rotatable bonds is 7. The smallest absolute Gasteiger partial charge is 0.356 e. The highest BCUT2D eigenvalue weighted by Crippen LogP contribution is 2.14. The molecule has 3 N–H and O–H groups in total. The largest absolute Gasteiger partial charge is 0.476 e. The van der Waals surface area contributed by atoms with Crippen LogP contribution in [0.1, 0.15) is 26.7 Å². The molecule has 0 saturated carbocycles. The molecule has 0 spiro atoms. The maximum atomic E-state index is 12.3. The Kier molecular flexibility index (Phi) is 5.01. The number of aromatic carboxylic acids is 1. The zero-order valence-corrected chi connectivity index (χ0v) is 14.2. The number of hydrogen-bond acceptors (Lipinski definition) is 6. The number of hydrogen-bond donors (Lipinski definition) is 3. The fourth-order valence-corrected chi connectivity index (χ4v) is 2.31. The number of carboxylic acids is 1. The molecule has 0 aliphatic heterocycles. The number of carbonyl (C=O) groups excluding carboxylic acids is 2. The van der Waals surface area contributed by atoms with Gasteiger partial charge in [-0.2, -0.15) is 10.2 Å². The predicted octanol–water partition coefficient (Wildman–Crippen LogP) is 0.476. The normalized spacial score (nSPS) is 10.6. The van der Waals surface area contributed by atoms with Crippen molar-refractivity contribution in [1.82, 2.24) is 24.9 Å². The first kappa shape index (κ1) is 17.9. The van der Waals surface area contributed by atoms with E-state index in [1.807, 2.05) is 0 Å². The van der Waals surface area contributed by atoms with Gasteiger partial charge in [-0.05, 0) is 18.2 Å². The molecule has 0 saturated heterocycles. The zero-order chi connectivity index (χ0) is 19.4. The molecular weight excluding hydrogens is 356 g/mol. The van der Waals surface area contributed by atoms with Crippen LogP contribution in [0, 0.1) is 0 Å². The maximum Gasteiger partial charge on any atom is 0.356 e. The molecule has 11 nitrogen and oxygen atoms in total. The van der Waals surface area contributed by atoms with Crippen LogP contribution in [0.4, 0.5) is 5.69 Å². The Balaban J connectivity index is 1.64. The lowest BCUT2D eigenvalue weighted by atomic mass is 10.3. The quantitative estimate of drug-likeness (QED) is 0.547. The Labute approximate surface area is 152 Å². The summed E-state index contributed by atoms with van der Waals surface area (Å²) in [6.07, 6.45) is 4.37. The summed E-state index contributed by atoms with van der Waals surface area (Å²) in [5, 5.41) is 21.9. The summed E-state index contributed by atoms with van der Waals surface area (Å²) >= 11 is 0. The van der Waals surface area contributed by atoms with Crippen LogP contribution < -0.4 is 10.6 Å². The molecule has 2 amide bonds. The number of carboxylic acid groups (broad SMARTS) is 1. The van der Waals surface area contributed by atoms with Crippen molar-refractivity contribution in [2.45, 2.75) is 13.1 Å². The molecule has 27 heavy (non-hydrogen) atoms.